The van der Waals surface area contributed by atoms with Crippen LogP contribution < -0.4 is 5.30 Å². The van der Waals surface area contributed by atoms with E-state index in [0.717, 1.165) is 12.1 Å². The van der Waals surface area contributed by atoms with Gasteiger partial charge in [0.15, 0.2) is 0 Å². The molecule has 0 aliphatic rings. The van der Waals surface area contributed by atoms with Crippen LogP contribution in [0.4, 0.5) is 39.5 Å². The number of hydrogen-bond acceptors (Lipinski definition) is 0. The quantitative estimate of drug-likeness (QED) is 0.560. The first-order chi connectivity index (χ1) is 8.86. The van der Waals surface area contributed by atoms with E-state index in [4.69, 9.17) is 0 Å². The van der Waals surface area contributed by atoms with Crippen LogP contribution in [0.5, 0.6) is 0 Å². The Morgan fingerprint density at radius 2 is 1.35 bits per heavy atom. The summed E-state index contributed by atoms with van der Waals surface area (Å²) in [6.07, 6.45) is -13.9. The van der Waals surface area contributed by atoms with Gasteiger partial charge in [0.1, 0.15) is 5.82 Å². The van der Waals surface area contributed by atoms with Gasteiger partial charge >= 0.3 is 18.0 Å². The molecule has 1 unspecified atom stereocenters. The lowest BCUT2D eigenvalue weighted by Crippen LogP contribution is -2.40. The Labute approximate surface area is 108 Å². The van der Waals surface area contributed by atoms with Gasteiger partial charge < -0.3 is 0 Å². The molecule has 1 rings (SSSR count). The lowest BCUT2D eigenvalue weighted by molar-refractivity contribution is -0.241. The molecule has 10 heteroatoms. The van der Waals surface area contributed by atoms with Gasteiger partial charge in [-0.2, -0.15) is 35.1 Å². The third-order valence-electron chi connectivity index (χ3n) is 2.16. The van der Waals surface area contributed by atoms with E-state index < -0.39 is 43.2 Å². The summed E-state index contributed by atoms with van der Waals surface area (Å²) >= 11 is 0. The van der Waals surface area contributed by atoms with Crippen molar-refractivity contribution in [1.82, 2.24) is 0 Å². The zero-order valence-corrected chi connectivity index (χ0v) is 10.3. The fourth-order valence-electron chi connectivity index (χ4n) is 1.34. The molecule has 0 nitrogen and oxygen atoms in total. The number of benzene rings is 1. The highest BCUT2D eigenvalue weighted by atomic mass is 31.1. The Kier molecular flexibility index (Phi) is 4.63. The number of halogens is 9. The summed E-state index contributed by atoms with van der Waals surface area (Å²) in [5.74, 6) is -1.52. The van der Waals surface area contributed by atoms with Crippen molar-refractivity contribution in [1.29, 1.82) is 0 Å². The summed E-state index contributed by atoms with van der Waals surface area (Å²) in [7, 11) is -4.15. The first-order valence-corrected chi connectivity index (χ1v) is 6.42. The predicted molar refractivity (Wildman–Crippen MR) is 54.9 cm³/mol. The molecule has 0 N–H and O–H groups in total. The van der Waals surface area contributed by atoms with Gasteiger partial charge in [0.25, 0.3) is 0 Å². The van der Waals surface area contributed by atoms with Crippen molar-refractivity contribution in [2.75, 3.05) is 6.16 Å². The van der Waals surface area contributed by atoms with E-state index in [2.05, 4.69) is 0 Å². The summed E-state index contributed by atoms with van der Waals surface area (Å²) in [4.78, 5) is 0. The van der Waals surface area contributed by atoms with Crippen molar-refractivity contribution >= 4 is 13.2 Å². The van der Waals surface area contributed by atoms with E-state index in [9.17, 15) is 39.5 Å². The van der Waals surface area contributed by atoms with Crippen molar-refractivity contribution < 1.29 is 39.5 Å². The van der Waals surface area contributed by atoms with Gasteiger partial charge in [0.05, 0.1) is 6.16 Å². The molecule has 0 saturated carbocycles. The van der Waals surface area contributed by atoms with Crippen LogP contribution in [0.3, 0.4) is 0 Å². The van der Waals surface area contributed by atoms with E-state index >= 15 is 0 Å². The van der Waals surface area contributed by atoms with Gasteiger partial charge in [0, 0.05) is 13.2 Å². The van der Waals surface area contributed by atoms with Crippen LogP contribution in [0.15, 0.2) is 24.3 Å². The first kappa shape index (κ1) is 17.1. The molecule has 1 aromatic carbocycles. The minimum Gasteiger partial charge on any atom is -0.206 e. The molecule has 0 aliphatic carbocycles. The average molecular weight is 328 g/mol. The van der Waals surface area contributed by atoms with Crippen molar-refractivity contribution in [3.8, 4) is 0 Å². The van der Waals surface area contributed by atoms with Gasteiger partial charge in [-0.1, -0.05) is 18.2 Å². The van der Waals surface area contributed by atoms with Crippen molar-refractivity contribution in [2.24, 2.45) is 0 Å². The van der Waals surface area contributed by atoms with Crippen LogP contribution in [0.1, 0.15) is 0 Å². The second-order valence-corrected chi connectivity index (χ2v) is 5.91. The third-order valence-corrected chi connectivity index (χ3v) is 4.71. The van der Waals surface area contributed by atoms with E-state index in [1.165, 1.54) is 0 Å². The summed E-state index contributed by atoms with van der Waals surface area (Å²) in [6.45, 7) is 0. The molecule has 1 atom stereocenters. The normalized spacial score (nSPS) is 15.2. The minimum atomic E-state index is -6.19. The van der Waals surface area contributed by atoms with E-state index in [-0.39, 0.29) is 0 Å². The minimum absolute atomic E-state index is 0.506. The molecule has 0 fully saturated rings. The standard InChI is InChI=1S/C10H6F9P/c11-6-3-1-2-4-7(6)20(5-8(12,13)14)10(18,19)9(15,16)17/h1-4H,5H2. The Morgan fingerprint density at radius 1 is 0.850 bits per heavy atom. The lowest BCUT2D eigenvalue weighted by Gasteiger charge is -2.30. The van der Waals surface area contributed by atoms with E-state index in [1.807, 2.05) is 0 Å². The predicted octanol–water partition coefficient (Wildman–Crippen LogP) is 4.65. The Bertz CT molecular complexity index is 463. The molecule has 0 radical (unpaired) electrons. The molecule has 0 aliphatic heterocycles. The summed E-state index contributed by atoms with van der Waals surface area (Å²) in [6, 6.07) is 2.92. The lowest BCUT2D eigenvalue weighted by atomic mass is 10.3. The number of hydrogen-bond donors (Lipinski definition) is 0. The molecular weight excluding hydrogens is 322 g/mol. The van der Waals surface area contributed by atoms with Crippen molar-refractivity contribution in [3.63, 3.8) is 0 Å². The SMILES string of the molecule is Fc1ccccc1P(CC(F)(F)F)C(F)(F)C(F)(F)F. The third kappa shape index (κ3) is 3.77. The van der Waals surface area contributed by atoms with Gasteiger partial charge in [-0.25, -0.2) is 4.39 Å². The van der Waals surface area contributed by atoms with Crippen LogP contribution in [-0.4, -0.2) is 24.2 Å². The first-order valence-electron chi connectivity index (χ1n) is 4.90. The maximum absolute atomic E-state index is 13.3. The number of alkyl halides is 8. The van der Waals surface area contributed by atoms with Gasteiger partial charge in [-0.05, 0) is 6.07 Å². The fraction of sp³-hybridized carbons (Fsp3) is 0.400. The Hall–Kier alpha value is -0.980. The molecule has 0 amide bonds. The molecule has 0 saturated heterocycles. The van der Waals surface area contributed by atoms with Gasteiger partial charge in [-0.3, -0.25) is 0 Å². The second kappa shape index (κ2) is 5.42. The molecule has 0 bridgehead atoms. The molecule has 114 valence electrons. The highest BCUT2D eigenvalue weighted by Gasteiger charge is 2.64. The monoisotopic (exact) mass is 328 g/mol. The molecule has 0 aromatic heterocycles. The largest absolute Gasteiger partial charge is 0.457 e. The van der Waals surface area contributed by atoms with Crippen LogP contribution in [0, 0.1) is 5.82 Å². The number of rotatable bonds is 3. The summed E-state index contributed by atoms with van der Waals surface area (Å²) in [5.41, 5.74) is -5.64. The summed E-state index contributed by atoms with van der Waals surface area (Å²) in [5, 5.41) is -1.26. The van der Waals surface area contributed by atoms with Crippen molar-refractivity contribution in [3.05, 3.63) is 30.1 Å². The molecule has 0 spiro atoms. The molecule has 20 heavy (non-hydrogen) atoms. The maximum atomic E-state index is 13.3. The highest BCUT2D eigenvalue weighted by Crippen LogP contribution is 2.60. The molecular formula is C10H6F9P. The second-order valence-electron chi connectivity index (χ2n) is 3.69. The topological polar surface area (TPSA) is 0 Å². The van der Waals surface area contributed by atoms with Crippen LogP contribution in [0.2, 0.25) is 0 Å². The van der Waals surface area contributed by atoms with Crippen molar-refractivity contribution in [2.45, 2.75) is 18.0 Å². The van der Waals surface area contributed by atoms with Crippen LogP contribution >= 0.6 is 7.92 Å². The molecule has 1 aromatic rings. The molecule has 0 heterocycles. The highest BCUT2D eigenvalue weighted by molar-refractivity contribution is 7.66. The zero-order chi connectivity index (χ0) is 15.8. The van der Waals surface area contributed by atoms with Crippen LogP contribution in [-0.2, 0) is 0 Å². The van der Waals surface area contributed by atoms with E-state index in [0.29, 0.717) is 12.1 Å². The van der Waals surface area contributed by atoms with E-state index in [1.54, 1.807) is 0 Å². The summed E-state index contributed by atoms with van der Waals surface area (Å²) < 4.78 is 113. The average Bonchev–Trinajstić information content (AvgIpc) is 2.24. The van der Waals surface area contributed by atoms with Gasteiger partial charge in [0.2, 0.25) is 0 Å². The Balaban J connectivity index is 3.34. The van der Waals surface area contributed by atoms with Crippen LogP contribution in [0.25, 0.3) is 0 Å². The smallest absolute Gasteiger partial charge is 0.206 e. The Morgan fingerprint density at radius 3 is 1.75 bits per heavy atom. The fourth-order valence-corrected chi connectivity index (χ4v) is 3.27. The zero-order valence-electron chi connectivity index (χ0n) is 9.37. The maximum Gasteiger partial charge on any atom is 0.457 e. The van der Waals surface area contributed by atoms with Gasteiger partial charge in [-0.15, -0.1) is 0 Å².